The van der Waals surface area contributed by atoms with Crippen molar-refractivity contribution in [3.63, 3.8) is 0 Å². The third kappa shape index (κ3) is 2.91. The van der Waals surface area contributed by atoms with E-state index in [1.165, 1.54) is 4.68 Å². The molecule has 1 aromatic rings. The Morgan fingerprint density at radius 1 is 1.40 bits per heavy atom. The Morgan fingerprint density at radius 3 is 2.33 bits per heavy atom. The zero-order valence-electron chi connectivity index (χ0n) is 9.31. The number of nitrogens with zero attached hydrogens (tertiary/aromatic N) is 2. The van der Waals surface area contributed by atoms with Crippen molar-refractivity contribution >= 4 is 11.6 Å². The first-order valence-electron chi connectivity index (χ1n) is 4.72. The van der Waals surface area contributed by atoms with Gasteiger partial charge in [0.05, 0.1) is 0 Å². The largest absolute Gasteiger partial charge is 0.282 e. The molecule has 2 nitrogen and oxygen atoms in total. The van der Waals surface area contributed by atoms with Crippen molar-refractivity contribution in [2.45, 2.75) is 33.6 Å². The highest BCUT2D eigenvalue weighted by molar-refractivity contribution is 6.30. The maximum Gasteiger partial charge on any atom is 0.282 e. The lowest BCUT2D eigenvalue weighted by Crippen LogP contribution is -2.10. The van der Waals surface area contributed by atoms with Crippen molar-refractivity contribution in [1.82, 2.24) is 9.78 Å². The fourth-order valence-electron chi connectivity index (χ4n) is 1.44. The van der Waals surface area contributed by atoms with Gasteiger partial charge in [-0.1, -0.05) is 32.4 Å². The number of hydrogen-bond donors (Lipinski definition) is 0. The van der Waals surface area contributed by atoms with Gasteiger partial charge >= 0.3 is 0 Å². The van der Waals surface area contributed by atoms with E-state index in [0.29, 0.717) is 17.1 Å². The van der Waals surface area contributed by atoms with Crippen LogP contribution in [0.1, 0.15) is 38.5 Å². The Kier molecular flexibility index (Phi) is 3.38. The average Bonchev–Trinajstić information content (AvgIpc) is 2.30. The number of halogens is 3. The second-order valence-electron chi connectivity index (χ2n) is 4.82. The number of alkyl halides is 2. The van der Waals surface area contributed by atoms with Crippen LogP contribution in [0.2, 0.25) is 5.15 Å². The van der Waals surface area contributed by atoms with Crippen molar-refractivity contribution in [2.24, 2.45) is 12.5 Å². The second-order valence-corrected chi connectivity index (χ2v) is 5.17. The monoisotopic (exact) mass is 236 g/mol. The lowest BCUT2D eigenvalue weighted by atomic mass is 9.88. The molecule has 0 atom stereocenters. The molecule has 1 aromatic heterocycles. The molecule has 0 aliphatic carbocycles. The molecule has 0 saturated heterocycles. The summed E-state index contributed by atoms with van der Waals surface area (Å²) in [5.74, 6) is 0. The molecular formula is C10H15ClF2N2. The Morgan fingerprint density at radius 2 is 1.93 bits per heavy atom. The predicted molar refractivity (Wildman–Crippen MR) is 56.3 cm³/mol. The van der Waals surface area contributed by atoms with E-state index in [2.05, 4.69) is 5.10 Å². The minimum Gasteiger partial charge on any atom is -0.256 e. The zero-order chi connectivity index (χ0) is 11.8. The molecule has 0 saturated carbocycles. The Bertz CT molecular complexity index is 353. The molecule has 0 unspecified atom stereocenters. The van der Waals surface area contributed by atoms with E-state index >= 15 is 0 Å². The first-order valence-corrected chi connectivity index (χ1v) is 5.09. The molecule has 0 aliphatic heterocycles. The highest BCUT2D eigenvalue weighted by atomic mass is 35.5. The van der Waals surface area contributed by atoms with E-state index in [-0.39, 0.29) is 11.1 Å². The van der Waals surface area contributed by atoms with Crippen molar-refractivity contribution in [1.29, 1.82) is 0 Å². The summed E-state index contributed by atoms with van der Waals surface area (Å²) in [5, 5.41) is 4.03. The molecular weight excluding hydrogens is 222 g/mol. The minimum absolute atomic E-state index is 0.0870. The Hall–Kier alpha value is -0.640. The van der Waals surface area contributed by atoms with Gasteiger partial charge in [0.15, 0.2) is 0 Å². The van der Waals surface area contributed by atoms with Gasteiger partial charge in [0.2, 0.25) is 0 Å². The number of rotatable bonds is 2. The first kappa shape index (κ1) is 12.4. The highest BCUT2D eigenvalue weighted by Crippen LogP contribution is 2.32. The van der Waals surface area contributed by atoms with Crippen molar-refractivity contribution < 1.29 is 8.78 Å². The van der Waals surface area contributed by atoms with Crippen molar-refractivity contribution in [2.75, 3.05) is 0 Å². The summed E-state index contributed by atoms with van der Waals surface area (Å²) < 4.78 is 26.6. The fraction of sp³-hybridized carbons (Fsp3) is 0.700. The van der Waals surface area contributed by atoms with Crippen LogP contribution in [-0.2, 0) is 13.5 Å². The quantitative estimate of drug-likeness (QED) is 0.767. The fourth-order valence-corrected chi connectivity index (χ4v) is 1.64. The third-order valence-corrected chi connectivity index (χ3v) is 2.49. The summed E-state index contributed by atoms with van der Waals surface area (Å²) in [4.78, 5) is 0. The van der Waals surface area contributed by atoms with Crippen LogP contribution >= 0.6 is 11.6 Å². The Labute approximate surface area is 93.2 Å². The molecule has 0 bridgehead atoms. The molecule has 1 rings (SSSR count). The van der Waals surface area contributed by atoms with Crippen LogP contribution in [-0.4, -0.2) is 9.78 Å². The zero-order valence-corrected chi connectivity index (χ0v) is 10.1. The van der Waals surface area contributed by atoms with Gasteiger partial charge < -0.3 is 0 Å². The summed E-state index contributed by atoms with van der Waals surface area (Å²) >= 11 is 5.93. The SMILES string of the molecule is Cn1nc(C(F)F)c(CC(C)(C)C)c1Cl. The highest BCUT2D eigenvalue weighted by Gasteiger charge is 2.25. The van der Waals surface area contributed by atoms with Crippen LogP contribution in [0, 0.1) is 5.41 Å². The van der Waals surface area contributed by atoms with Gasteiger partial charge in [-0.3, -0.25) is 4.68 Å². The van der Waals surface area contributed by atoms with Crippen LogP contribution in [0.4, 0.5) is 8.78 Å². The van der Waals surface area contributed by atoms with Crippen molar-refractivity contribution in [3.05, 3.63) is 16.4 Å². The molecule has 0 fully saturated rings. The molecule has 5 heteroatoms. The smallest absolute Gasteiger partial charge is 0.256 e. The number of hydrogen-bond acceptors (Lipinski definition) is 1. The summed E-state index contributed by atoms with van der Waals surface area (Å²) in [6.45, 7) is 5.93. The molecule has 15 heavy (non-hydrogen) atoms. The molecule has 0 N–H and O–H groups in total. The minimum atomic E-state index is -2.57. The van der Waals surface area contributed by atoms with Gasteiger partial charge in [0.25, 0.3) is 6.43 Å². The van der Waals surface area contributed by atoms with Crippen LogP contribution < -0.4 is 0 Å². The maximum absolute atomic E-state index is 12.7. The molecule has 0 radical (unpaired) electrons. The molecule has 0 aromatic carbocycles. The van der Waals surface area contributed by atoms with E-state index in [1.54, 1.807) is 7.05 Å². The lowest BCUT2D eigenvalue weighted by Gasteiger charge is -2.18. The number of aryl methyl sites for hydroxylation is 1. The second kappa shape index (κ2) is 4.08. The standard InChI is InChI=1S/C10H15ClF2N2/c1-10(2,3)5-6-7(9(12)13)14-15(4)8(6)11/h9H,5H2,1-4H3. The summed E-state index contributed by atoms with van der Waals surface area (Å²) in [5.41, 5.74) is 0.176. The van der Waals surface area contributed by atoms with Gasteiger partial charge in [0, 0.05) is 12.6 Å². The average molecular weight is 237 g/mol. The van der Waals surface area contributed by atoms with Gasteiger partial charge in [0.1, 0.15) is 10.8 Å². The van der Waals surface area contributed by atoms with Gasteiger partial charge in [-0.2, -0.15) is 5.10 Å². The summed E-state index contributed by atoms with van der Waals surface area (Å²) in [6.07, 6.45) is -2.07. The van der Waals surface area contributed by atoms with Crippen LogP contribution in [0.3, 0.4) is 0 Å². The molecule has 0 amide bonds. The topological polar surface area (TPSA) is 17.8 Å². The third-order valence-electron chi connectivity index (χ3n) is 2.01. The van der Waals surface area contributed by atoms with E-state index in [4.69, 9.17) is 11.6 Å². The van der Waals surface area contributed by atoms with Gasteiger partial charge in [-0.25, -0.2) is 8.78 Å². The van der Waals surface area contributed by atoms with Crippen molar-refractivity contribution in [3.8, 4) is 0 Å². The van der Waals surface area contributed by atoms with Crippen LogP contribution in [0.25, 0.3) is 0 Å². The van der Waals surface area contributed by atoms with Gasteiger partial charge in [-0.15, -0.1) is 0 Å². The van der Waals surface area contributed by atoms with E-state index in [0.717, 1.165) is 0 Å². The molecule has 0 spiro atoms. The molecule has 1 heterocycles. The molecule has 0 aliphatic rings. The molecule has 86 valence electrons. The van der Waals surface area contributed by atoms with E-state index in [1.807, 2.05) is 20.8 Å². The Balaban J connectivity index is 3.14. The first-order chi connectivity index (χ1) is 6.72. The van der Waals surface area contributed by atoms with Crippen LogP contribution in [0.5, 0.6) is 0 Å². The van der Waals surface area contributed by atoms with Gasteiger partial charge in [-0.05, 0) is 11.8 Å². The summed E-state index contributed by atoms with van der Waals surface area (Å²) in [6, 6.07) is 0. The summed E-state index contributed by atoms with van der Waals surface area (Å²) in [7, 11) is 1.57. The van der Waals surface area contributed by atoms with Crippen LogP contribution in [0.15, 0.2) is 0 Å². The maximum atomic E-state index is 12.7. The number of aromatic nitrogens is 2. The van der Waals surface area contributed by atoms with E-state index < -0.39 is 6.43 Å². The lowest BCUT2D eigenvalue weighted by molar-refractivity contribution is 0.143. The van der Waals surface area contributed by atoms with E-state index in [9.17, 15) is 8.78 Å². The predicted octanol–water partition coefficient (Wildman–Crippen LogP) is 3.60. The normalized spacial score (nSPS) is 12.5.